The van der Waals surface area contributed by atoms with Gasteiger partial charge in [0.2, 0.25) is 0 Å². The van der Waals surface area contributed by atoms with Crippen LogP contribution in [0, 0.1) is 0 Å². The van der Waals surface area contributed by atoms with E-state index in [2.05, 4.69) is 10.3 Å². The van der Waals surface area contributed by atoms with Crippen LogP contribution in [0.4, 0.5) is 0 Å². The second kappa shape index (κ2) is 4.29. The summed E-state index contributed by atoms with van der Waals surface area (Å²) in [5, 5.41) is 12.0. The number of hydrogen-bond donors (Lipinski definition) is 2. The molecule has 1 heterocycles. The van der Waals surface area contributed by atoms with Gasteiger partial charge in [-0.05, 0) is 30.7 Å². The summed E-state index contributed by atoms with van der Waals surface area (Å²) in [6, 6.07) is 4.83. The average molecular weight is 232 g/mol. The van der Waals surface area contributed by atoms with Gasteiger partial charge < -0.3 is 15.2 Å². The van der Waals surface area contributed by atoms with Crippen molar-refractivity contribution in [3.05, 3.63) is 29.5 Å². The molecule has 88 valence electrons. The average Bonchev–Trinajstić information content (AvgIpc) is 2.60. The molecule has 17 heavy (non-hydrogen) atoms. The minimum atomic E-state index is -0.227. The van der Waals surface area contributed by atoms with Gasteiger partial charge in [-0.2, -0.15) is 0 Å². The second-order valence-electron chi connectivity index (χ2n) is 3.61. The molecule has 2 rings (SSSR count). The van der Waals surface area contributed by atoms with Gasteiger partial charge in [-0.1, -0.05) is 6.07 Å². The van der Waals surface area contributed by atoms with E-state index in [1.165, 1.54) is 13.2 Å². The molecule has 5 nitrogen and oxygen atoms in total. The number of aliphatic imine (C=N–C) groups is 1. The molecule has 0 unspecified atom stereocenters. The van der Waals surface area contributed by atoms with Crippen LogP contribution in [0.25, 0.3) is 6.08 Å². The Morgan fingerprint density at radius 1 is 1.47 bits per heavy atom. The predicted molar refractivity (Wildman–Crippen MR) is 63.9 cm³/mol. The van der Waals surface area contributed by atoms with E-state index in [1.807, 2.05) is 0 Å². The first-order valence-corrected chi connectivity index (χ1v) is 5.05. The highest BCUT2D eigenvalue weighted by molar-refractivity contribution is 6.13. The van der Waals surface area contributed by atoms with E-state index in [-0.39, 0.29) is 11.7 Å². The van der Waals surface area contributed by atoms with Crippen molar-refractivity contribution < 1.29 is 14.6 Å². The van der Waals surface area contributed by atoms with Crippen LogP contribution in [0.1, 0.15) is 12.5 Å². The van der Waals surface area contributed by atoms with Gasteiger partial charge in [0.25, 0.3) is 5.91 Å². The van der Waals surface area contributed by atoms with E-state index in [1.54, 1.807) is 25.1 Å². The molecular weight excluding hydrogens is 220 g/mol. The van der Waals surface area contributed by atoms with Gasteiger partial charge in [0.05, 0.1) is 7.11 Å². The largest absolute Gasteiger partial charge is 0.504 e. The van der Waals surface area contributed by atoms with Crippen molar-refractivity contribution in [3.63, 3.8) is 0 Å². The van der Waals surface area contributed by atoms with Crippen molar-refractivity contribution in [3.8, 4) is 11.5 Å². The highest BCUT2D eigenvalue weighted by atomic mass is 16.5. The lowest BCUT2D eigenvalue weighted by Gasteiger charge is -2.03. The molecule has 1 aliphatic rings. The van der Waals surface area contributed by atoms with Crippen molar-refractivity contribution in [2.24, 2.45) is 4.99 Å². The Balaban J connectivity index is 2.36. The van der Waals surface area contributed by atoms with E-state index in [4.69, 9.17) is 4.74 Å². The number of ether oxygens (including phenoxy) is 1. The third-order valence-electron chi connectivity index (χ3n) is 2.32. The molecule has 0 atom stereocenters. The third kappa shape index (κ3) is 2.28. The highest BCUT2D eigenvalue weighted by Crippen LogP contribution is 2.27. The second-order valence-corrected chi connectivity index (χ2v) is 3.61. The molecule has 0 radical (unpaired) electrons. The number of phenols is 1. The first kappa shape index (κ1) is 11.2. The summed E-state index contributed by atoms with van der Waals surface area (Å²) in [4.78, 5) is 15.5. The van der Waals surface area contributed by atoms with Gasteiger partial charge in [-0.15, -0.1) is 0 Å². The number of nitrogens with one attached hydrogen (secondary N) is 1. The van der Waals surface area contributed by atoms with E-state index in [9.17, 15) is 9.90 Å². The predicted octanol–water partition coefficient (Wildman–Crippen LogP) is 1.29. The zero-order valence-electron chi connectivity index (χ0n) is 9.52. The van der Waals surface area contributed by atoms with Crippen LogP contribution in [0.5, 0.6) is 11.5 Å². The molecular formula is C12H12N2O3. The Hall–Kier alpha value is -2.30. The van der Waals surface area contributed by atoms with Crippen LogP contribution in [0.15, 0.2) is 28.9 Å². The third-order valence-corrected chi connectivity index (χ3v) is 2.32. The zero-order valence-corrected chi connectivity index (χ0v) is 9.52. The maximum atomic E-state index is 11.4. The molecule has 0 fully saturated rings. The lowest BCUT2D eigenvalue weighted by atomic mass is 10.1. The molecule has 0 aliphatic carbocycles. The summed E-state index contributed by atoms with van der Waals surface area (Å²) in [6.45, 7) is 1.72. The summed E-state index contributed by atoms with van der Waals surface area (Å²) in [6.07, 6.45) is 1.63. The molecule has 2 N–H and O–H groups in total. The fraction of sp³-hybridized carbons (Fsp3) is 0.167. The van der Waals surface area contributed by atoms with Gasteiger partial charge in [0.1, 0.15) is 11.5 Å². The number of carbonyl (C=O) groups excluding carboxylic acids is 1. The molecule has 1 aliphatic heterocycles. The van der Waals surface area contributed by atoms with Gasteiger partial charge in [0, 0.05) is 0 Å². The van der Waals surface area contributed by atoms with Crippen LogP contribution in [0.3, 0.4) is 0 Å². The van der Waals surface area contributed by atoms with Crippen LogP contribution < -0.4 is 10.1 Å². The summed E-state index contributed by atoms with van der Waals surface area (Å²) in [7, 11) is 1.47. The number of amidine groups is 1. The number of nitrogens with zero attached hydrogens (tertiary/aromatic N) is 1. The van der Waals surface area contributed by atoms with Crippen molar-refractivity contribution in [2.75, 3.05) is 7.11 Å². The number of hydrogen-bond acceptors (Lipinski definition) is 4. The number of aromatic hydroxyl groups is 1. The van der Waals surface area contributed by atoms with Gasteiger partial charge >= 0.3 is 0 Å². The van der Waals surface area contributed by atoms with Crippen molar-refractivity contribution in [2.45, 2.75) is 6.92 Å². The molecule has 1 aromatic rings. The maximum Gasteiger partial charge on any atom is 0.275 e. The number of carbonyl (C=O) groups is 1. The Labute approximate surface area is 98.4 Å². The van der Waals surface area contributed by atoms with Crippen molar-refractivity contribution in [1.82, 2.24) is 5.32 Å². The Morgan fingerprint density at radius 3 is 2.82 bits per heavy atom. The molecule has 0 bridgehead atoms. The van der Waals surface area contributed by atoms with Crippen molar-refractivity contribution >= 4 is 17.8 Å². The number of phenolic OH excluding ortho intramolecular Hbond substituents is 1. The SMILES string of the molecule is COc1cc(/C=C2\N=C(C)NC2=O)ccc1O. The monoisotopic (exact) mass is 232 g/mol. The Morgan fingerprint density at radius 2 is 2.24 bits per heavy atom. The molecule has 1 aromatic carbocycles. The van der Waals surface area contributed by atoms with E-state index >= 15 is 0 Å². The van der Waals surface area contributed by atoms with Crippen molar-refractivity contribution in [1.29, 1.82) is 0 Å². The normalized spacial score (nSPS) is 16.9. The van der Waals surface area contributed by atoms with Crippen LogP contribution in [-0.2, 0) is 4.79 Å². The van der Waals surface area contributed by atoms with Gasteiger partial charge in [-0.25, -0.2) is 4.99 Å². The van der Waals surface area contributed by atoms with E-state index in [0.29, 0.717) is 17.3 Å². The molecule has 0 spiro atoms. The smallest absolute Gasteiger partial charge is 0.275 e. The summed E-state index contributed by atoms with van der Waals surface area (Å²) in [5.41, 5.74) is 1.08. The highest BCUT2D eigenvalue weighted by Gasteiger charge is 2.16. The molecule has 0 saturated heterocycles. The molecule has 0 aromatic heterocycles. The number of amides is 1. The van der Waals surface area contributed by atoms with Gasteiger partial charge in [0.15, 0.2) is 11.5 Å². The molecule has 5 heteroatoms. The van der Waals surface area contributed by atoms with Crippen LogP contribution in [-0.4, -0.2) is 24.0 Å². The van der Waals surface area contributed by atoms with Crippen LogP contribution >= 0.6 is 0 Å². The number of rotatable bonds is 2. The number of methoxy groups -OCH3 is 1. The molecule has 0 saturated carbocycles. The summed E-state index contributed by atoms with van der Waals surface area (Å²) in [5.74, 6) is 0.769. The van der Waals surface area contributed by atoms with Gasteiger partial charge in [-0.3, -0.25) is 4.79 Å². The Kier molecular flexibility index (Phi) is 2.82. The topological polar surface area (TPSA) is 70.9 Å². The fourth-order valence-electron chi connectivity index (χ4n) is 1.53. The summed E-state index contributed by atoms with van der Waals surface area (Å²) < 4.78 is 4.98. The first-order valence-electron chi connectivity index (χ1n) is 5.05. The van der Waals surface area contributed by atoms with Crippen LogP contribution in [0.2, 0.25) is 0 Å². The lowest BCUT2D eigenvalue weighted by Crippen LogP contribution is -2.21. The van der Waals surface area contributed by atoms with E-state index in [0.717, 1.165) is 5.56 Å². The minimum absolute atomic E-state index is 0.0604. The lowest BCUT2D eigenvalue weighted by molar-refractivity contribution is -0.115. The maximum absolute atomic E-state index is 11.4. The Bertz CT molecular complexity index is 533. The first-order chi connectivity index (χ1) is 8.10. The summed E-state index contributed by atoms with van der Waals surface area (Å²) >= 11 is 0. The quantitative estimate of drug-likeness (QED) is 0.755. The zero-order chi connectivity index (χ0) is 12.4. The fourth-order valence-corrected chi connectivity index (χ4v) is 1.53. The minimum Gasteiger partial charge on any atom is -0.504 e. The van der Waals surface area contributed by atoms with E-state index < -0.39 is 0 Å². The number of benzene rings is 1. The standard InChI is InChI=1S/C12H12N2O3/c1-7-13-9(12(16)14-7)5-8-3-4-10(15)11(6-8)17-2/h3-6,15H,1-2H3,(H,13,14,16)/b9-5-. The molecule has 1 amide bonds.